The van der Waals surface area contributed by atoms with Crippen LogP contribution in [0, 0.1) is 11.6 Å². The zero-order chi connectivity index (χ0) is 21.8. The summed E-state index contributed by atoms with van der Waals surface area (Å²) in [6.45, 7) is 7.98. The highest BCUT2D eigenvalue weighted by molar-refractivity contribution is 6.62. The normalized spacial score (nSPS) is 22.8. The number of amides is 2. The summed E-state index contributed by atoms with van der Waals surface area (Å²) in [5.41, 5.74) is 0.433. The fourth-order valence-corrected chi connectivity index (χ4v) is 3.77. The predicted molar refractivity (Wildman–Crippen MR) is 112 cm³/mol. The number of urea groups is 1. The molecule has 30 heavy (non-hydrogen) atoms. The van der Waals surface area contributed by atoms with Gasteiger partial charge in [-0.25, -0.2) is 13.6 Å². The molecule has 4 rings (SSSR count). The third-order valence-electron chi connectivity index (χ3n) is 6.41. The Hall–Kier alpha value is -2.45. The molecule has 5 nitrogen and oxygen atoms in total. The number of anilines is 1. The quantitative estimate of drug-likeness (QED) is 0.717. The van der Waals surface area contributed by atoms with Gasteiger partial charge < -0.3 is 14.2 Å². The first-order valence-corrected chi connectivity index (χ1v) is 9.95. The second-order valence-electron chi connectivity index (χ2n) is 8.87. The first-order valence-electron chi connectivity index (χ1n) is 9.95. The van der Waals surface area contributed by atoms with Crippen LogP contribution >= 0.6 is 0 Å². The van der Waals surface area contributed by atoms with E-state index in [9.17, 15) is 13.6 Å². The molecule has 0 aliphatic carbocycles. The van der Waals surface area contributed by atoms with E-state index in [1.807, 2.05) is 27.7 Å². The minimum atomic E-state index is -0.812. The average molecular weight is 414 g/mol. The number of halogens is 2. The van der Waals surface area contributed by atoms with Crippen molar-refractivity contribution in [1.29, 1.82) is 0 Å². The Morgan fingerprint density at radius 2 is 1.60 bits per heavy atom. The van der Waals surface area contributed by atoms with Crippen molar-refractivity contribution in [2.45, 2.75) is 44.9 Å². The van der Waals surface area contributed by atoms with Gasteiger partial charge in [-0.15, -0.1) is 0 Å². The molecule has 2 amide bonds. The van der Waals surface area contributed by atoms with Crippen molar-refractivity contribution >= 4 is 24.3 Å². The molecule has 0 bridgehead atoms. The summed E-state index contributed by atoms with van der Waals surface area (Å²) >= 11 is 0. The second-order valence-corrected chi connectivity index (χ2v) is 8.87. The van der Waals surface area contributed by atoms with Gasteiger partial charge in [0.1, 0.15) is 11.6 Å². The first kappa shape index (κ1) is 20.8. The lowest BCUT2D eigenvalue weighted by Crippen LogP contribution is -2.41. The van der Waals surface area contributed by atoms with Crippen LogP contribution < -0.4 is 10.4 Å². The van der Waals surface area contributed by atoms with Gasteiger partial charge in [0.05, 0.1) is 23.8 Å². The highest BCUT2D eigenvalue weighted by Gasteiger charge is 2.52. The lowest BCUT2D eigenvalue weighted by Gasteiger charge is -2.32. The van der Waals surface area contributed by atoms with Crippen molar-refractivity contribution in [3.8, 4) is 0 Å². The SMILES string of the molecule is CN1C(=O)N(c2ccc(B3OC(C)(C)C(C)(C)O3)c(F)c2)CC1c1ccc(F)cc1. The molecule has 158 valence electrons. The van der Waals surface area contributed by atoms with Gasteiger partial charge in [-0.2, -0.15) is 0 Å². The molecule has 2 heterocycles. The summed E-state index contributed by atoms with van der Waals surface area (Å²) in [4.78, 5) is 15.9. The monoisotopic (exact) mass is 414 g/mol. The van der Waals surface area contributed by atoms with E-state index in [1.165, 1.54) is 23.1 Å². The van der Waals surface area contributed by atoms with Crippen LogP contribution in [0.15, 0.2) is 42.5 Å². The van der Waals surface area contributed by atoms with Gasteiger partial charge in [0.15, 0.2) is 0 Å². The number of likely N-dealkylation sites (N-methyl/N-ethyl adjacent to an activating group) is 1. The summed E-state index contributed by atoms with van der Waals surface area (Å²) in [6.07, 6.45) is 0. The smallest absolute Gasteiger partial charge is 0.399 e. The van der Waals surface area contributed by atoms with Crippen molar-refractivity contribution in [2.24, 2.45) is 0 Å². The Bertz CT molecular complexity index is 965. The molecule has 2 aliphatic rings. The van der Waals surface area contributed by atoms with E-state index < -0.39 is 24.1 Å². The molecule has 8 heteroatoms. The molecule has 2 fully saturated rings. The first-order chi connectivity index (χ1) is 14.0. The van der Waals surface area contributed by atoms with Crippen LogP contribution in [0.2, 0.25) is 0 Å². The van der Waals surface area contributed by atoms with E-state index >= 15 is 0 Å². The molecule has 2 aromatic rings. The fraction of sp³-hybridized carbons (Fsp3) is 0.409. The van der Waals surface area contributed by atoms with Crippen molar-refractivity contribution in [3.63, 3.8) is 0 Å². The lowest BCUT2D eigenvalue weighted by molar-refractivity contribution is 0.00578. The maximum absolute atomic E-state index is 15.0. The number of benzene rings is 2. The van der Waals surface area contributed by atoms with E-state index in [-0.39, 0.29) is 17.9 Å². The topological polar surface area (TPSA) is 42.0 Å². The van der Waals surface area contributed by atoms with E-state index in [0.29, 0.717) is 17.7 Å². The van der Waals surface area contributed by atoms with Crippen molar-refractivity contribution < 1.29 is 22.9 Å². The Kier molecular flexibility index (Phi) is 4.90. The van der Waals surface area contributed by atoms with E-state index in [0.717, 1.165) is 5.56 Å². The van der Waals surface area contributed by atoms with Crippen molar-refractivity contribution in [2.75, 3.05) is 18.5 Å². The molecule has 0 N–H and O–H groups in total. The van der Waals surface area contributed by atoms with Crippen LogP contribution in [0.1, 0.15) is 39.3 Å². The highest BCUT2D eigenvalue weighted by atomic mass is 19.1. The maximum atomic E-state index is 15.0. The number of hydrogen-bond acceptors (Lipinski definition) is 3. The van der Waals surface area contributed by atoms with Gasteiger partial charge in [-0.3, -0.25) is 4.90 Å². The summed E-state index contributed by atoms with van der Waals surface area (Å²) < 4.78 is 40.1. The standard InChI is InChI=1S/C22H25BF2N2O3/c1-21(2)22(3,4)30-23(29-21)17-11-10-16(12-18(17)25)27-13-19(26(5)20(27)28)14-6-8-15(24)9-7-14/h6-12,19H,13H2,1-5H3. The van der Waals surface area contributed by atoms with Gasteiger partial charge >= 0.3 is 13.1 Å². The van der Waals surface area contributed by atoms with E-state index in [4.69, 9.17) is 9.31 Å². The van der Waals surface area contributed by atoms with Gasteiger partial charge in [-0.1, -0.05) is 18.2 Å². The number of hydrogen-bond donors (Lipinski definition) is 0. The molecule has 2 saturated heterocycles. The number of rotatable bonds is 3. The van der Waals surface area contributed by atoms with E-state index in [2.05, 4.69) is 0 Å². The number of nitrogens with zero attached hydrogens (tertiary/aromatic N) is 2. The van der Waals surface area contributed by atoms with Crippen LogP contribution in [0.4, 0.5) is 19.3 Å². The van der Waals surface area contributed by atoms with Crippen LogP contribution in [-0.2, 0) is 9.31 Å². The number of carbonyl (C=O) groups excluding carboxylic acids is 1. The minimum absolute atomic E-state index is 0.243. The molecule has 0 radical (unpaired) electrons. The average Bonchev–Trinajstić information content (AvgIpc) is 3.08. The van der Waals surface area contributed by atoms with E-state index in [1.54, 1.807) is 36.2 Å². The molecule has 2 aromatic carbocycles. The Morgan fingerprint density at radius 3 is 2.17 bits per heavy atom. The molecular weight excluding hydrogens is 389 g/mol. The molecule has 1 atom stereocenters. The summed E-state index contributed by atoms with van der Waals surface area (Å²) in [5, 5.41) is 0. The fourth-order valence-electron chi connectivity index (χ4n) is 3.77. The van der Waals surface area contributed by atoms with Crippen LogP contribution in [0.25, 0.3) is 0 Å². The van der Waals surface area contributed by atoms with Crippen molar-refractivity contribution in [3.05, 3.63) is 59.7 Å². The highest BCUT2D eigenvalue weighted by Crippen LogP contribution is 2.37. The third-order valence-corrected chi connectivity index (χ3v) is 6.41. The summed E-state index contributed by atoms with van der Waals surface area (Å²) in [5.74, 6) is -0.824. The van der Waals surface area contributed by atoms with Gasteiger partial charge in [-0.05, 0) is 57.5 Å². The van der Waals surface area contributed by atoms with Gasteiger partial charge in [0.2, 0.25) is 0 Å². The van der Waals surface area contributed by atoms with Crippen LogP contribution in [0.5, 0.6) is 0 Å². The Morgan fingerprint density at radius 1 is 1.00 bits per heavy atom. The maximum Gasteiger partial charge on any atom is 0.497 e. The molecular formula is C22H25BF2N2O3. The molecule has 1 unspecified atom stereocenters. The molecule has 0 spiro atoms. The Labute approximate surface area is 175 Å². The van der Waals surface area contributed by atoms with Crippen LogP contribution in [-0.4, -0.2) is 42.8 Å². The molecule has 0 aromatic heterocycles. The zero-order valence-corrected chi connectivity index (χ0v) is 17.8. The van der Waals surface area contributed by atoms with Gasteiger partial charge in [0.25, 0.3) is 0 Å². The lowest BCUT2D eigenvalue weighted by atomic mass is 9.78. The molecule has 0 saturated carbocycles. The Balaban J connectivity index is 1.57. The minimum Gasteiger partial charge on any atom is -0.399 e. The molecule has 2 aliphatic heterocycles. The summed E-state index contributed by atoms with van der Waals surface area (Å²) in [6, 6.07) is 10.2. The third kappa shape index (κ3) is 3.38. The largest absolute Gasteiger partial charge is 0.497 e. The van der Waals surface area contributed by atoms with Crippen LogP contribution in [0.3, 0.4) is 0 Å². The summed E-state index contributed by atoms with van der Waals surface area (Å²) in [7, 11) is 0.874. The zero-order valence-electron chi connectivity index (χ0n) is 17.8. The second kappa shape index (κ2) is 7.06. The predicted octanol–water partition coefficient (Wildman–Crippen LogP) is 3.88. The van der Waals surface area contributed by atoms with Gasteiger partial charge in [0, 0.05) is 18.2 Å². The number of carbonyl (C=O) groups is 1. The van der Waals surface area contributed by atoms with Crippen molar-refractivity contribution in [1.82, 2.24) is 4.90 Å².